The fourth-order valence-corrected chi connectivity index (χ4v) is 2.26. The molecule has 0 aliphatic rings. The predicted molar refractivity (Wildman–Crippen MR) is 42.6 cm³/mol. The van der Waals surface area contributed by atoms with E-state index in [0.29, 0.717) is 0 Å². The molecule has 0 heterocycles. The molecule has 0 aliphatic carbocycles. The Labute approximate surface area is 54.2 Å². The van der Waals surface area contributed by atoms with Crippen LogP contribution in [0.25, 0.3) is 0 Å². The lowest BCUT2D eigenvalue weighted by molar-refractivity contribution is 1.32. The first-order valence-electron chi connectivity index (χ1n) is 3.31. The predicted octanol–water partition coefficient (Wildman–Crippen LogP) is 2.18. The first-order valence-corrected chi connectivity index (χ1v) is 5.61. The largest absolute Gasteiger partial charge is 0.103 e. The third-order valence-corrected chi connectivity index (χ3v) is 4.37. The van der Waals surface area contributed by atoms with Crippen LogP contribution in [0.5, 0.6) is 0 Å². The van der Waals surface area contributed by atoms with Gasteiger partial charge in [-0.1, -0.05) is 32.0 Å². The number of hydrogen-bond acceptors (Lipinski definition) is 0. The van der Waals surface area contributed by atoms with Crippen LogP contribution in [0.1, 0.15) is 13.8 Å². The second kappa shape index (κ2) is 5.10. The van der Waals surface area contributed by atoms with Gasteiger partial charge in [0.1, 0.15) is 0 Å². The van der Waals surface area contributed by atoms with E-state index in [1.165, 1.54) is 12.1 Å². The molecular formula is C7H15Si. The highest BCUT2D eigenvalue weighted by molar-refractivity contribution is 6.63. The van der Waals surface area contributed by atoms with E-state index in [9.17, 15) is 0 Å². The van der Waals surface area contributed by atoms with Crippen LogP contribution in [0.15, 0.2) is 12.7 Å². The highest BCUT2D eigenvalue weighted by atomic mass is 28.3. The summed E-state index contributed by atoms with van der Waals surface area (Å²) in [5.74, 6) is 0. The van der Waals surface area contributed by atoms with Gasteiger partial charge in [0.2, 0.25) is 0 Å². The third-order valence-electron chi connectivity index (χ3n) is 1.46. The van der Waals surface area contributed by atoms with E-state index in [1.54, 1.807) is 0 Å². The molecule has 8 heavy (non-hydrogen) atoms. The van der Waals surface area contributed by atoms with E-state index in [2.05, 4.69) is 26.5 Å². The van der Waals surface area contributed by atoms with E-state index in [0.717, 1.165) is 0 Å². The molecule has 1 heteroatoms. The van der Waals surface area contributed by atoms with Crippen molar-refractivity contribution in [1.82, 2.24) is 0 Å². The van der Waals surface area contributed by atoms with Crippen LogP contribution in [0.4, 0.5) is 0 Å². The van der Waals surface area contributed by atoms with Crippen molar-refractivity contribution in [3.63, 3.8) is 0 Å². The van der Waals surface area contributed by atoms with Crippen molar-refractivity contribution < 1.29 is 0 Å². The van der Waals surface area contributed by atoms with Gasteiger partial charge in [-0.3, -0.25) is 0 Å². The average Bonchev–Trinajstić information content (AvgIpc) is 1.83. The molecule has 0 nitrogen and oxygen atoms in total. The fraction of sp³-hybridized carbons (Fsp3) is 0.571. The number of hydrogen-bond donors (Lipinski definition) is 0. The Morgan fingerprint density at radius 3 is 2.00 bits per heavy atom. The molecule has 0 saturated heterocycles. The van der Waals surface area contributed by atoms with Crippen LogP contribution in [-0.2, 0) is 0 Å². The van der Waals surface area contributed by atoms with Crippen molar-refractivity contribution in [2.24, 2.45) is 0 Å². The first-order chi connectivity index (χ1) is 3.85. The Kier molecular flexibility index (Phi) is 5.07. The second-order valence-electron chi connectivity index (χ2n) is 2.00. The minimum atomic E-state index is -0.435. The standard InChI is InChI=1S/C7H15Si/c1-4-7-8(5-2)6-3/h4,7-8H,1,5-6H2,2-3H3. The van der Waals surface area contributed by atoms with Gasteiger partial charge < -0.3 is 0 Å². The topological polar surface area (TPSA) is 0 Å². The normalized spacial score (nSPS) is 9.88. The van der Waals surface area contributed by atoms with Gasteiger partial charge in [0, 0.05) is 8.80 Å². The van der Waals surface area contributed by atoms with Gasteiger partial charge in [-0.05, 0) is 6.04 Å². The van der Waals surface area contributed by atoms with Crippen molar-refractivity contribution >= 4 is 8.80 Å². The molecule has 0 fully saturated rings. The summed E-state index contributed by atoms with van der Waals surface area (Å²) in [6.45, 7) is 8.20. The summed E-state index contributed by atoms with van der Waals surface area (Å²) in [5, 5.41) is 0. The lowest BCUT2D eigenvalue weighted by Gasteiger charge is -2.03. The zero-order valence-electron chi connectivity index (χ0n) is 5.85. The molecule has 0 bridgehead atoms. The van der Waals surface area contributed by atoms with E-state index < -0.39 is 8.80 Å². The van der Waals surface area contributed by atoms with Crippen LogP contribution in [-0.4, -0.2) is 8.80 Å². The summed E-state index contributed by atoms with van der Waals surface area (Å²) in [4.78, 5) is 0. The van der Waals surface area contributed by atoms with Crippen molar-refractivity contribution in [3.05, 3.63) is 18.7 Å². The Morgan fingerprint density at radius 1 is 1.38 bits per heavy atom. The van der Waals surface area contributed by atoms with Crippen LogP contribution < -0.4 is 0 Å². The molecule has 0 aromatic rings. The van der Waals surface area contributed by atoms with E-state index >= 15 is 0 Å². The Bertz CT molecular complexity index is 55.4. The average molecular weight is 127 g/mol. The van der Waals surface area contributed by atoms with E-state index in [1.807, 2.05) is 6.08 Å². The summed E-state index contributed by atoms with van der Waals surface area (Å²) in [7, 11) is -0.435. The number of allylic oxidation sites excluding steroid dienone is 1. The van der Waals surface area contributed by atoms with Gasteiger partial charge in [0.05, 0.1) is 0 Å². The van der Waals surface area contributed by atoms with Crippen LogP contribution >= 0.6 is 0 Å². The maximum Gasteiger partial charge on any atom is 0.0439 e. The fourth-order valence-electron chi connectivity index (χ4n) is 0.753. The van der Waals surface area contributed by atoms with Gasteiger partial charge in [-0.15, -0.1) is 6.58 Å². The Hall–Kier alpha value is -0.0431. The molecule has 47 valence electrons. The molecule has 1 radical (unpaired) electrons. The molecule has 0 spiro atoms. The third kappa shape index (κ3) is 3.02. The summed E-state index contributed by atoms with van der Waals surface area (Å²) < 4.78 is 0. The highest BCUT2D eigenvalue weighted by Gasteiger charge is 2.00. The second-order valence-corrected chi connectivity index (χ2v) is 5.54. The summed E-state index contributed by atoms with van der Waals surface area (Å²) in [6, 6.07) is 5.06. The summed E-state index contributed by atoms with van der Waals surface area (Å²) in [5.41, 5.74) is 0. The summed E-state index contributed by atoms with van der Waals surface area (Å²) in [6.07, 6.45) is 1.95. The van der Waals surface area contributed by atoms with Gasteiger partial charge in [-0.25, -0.2) is 0 Å². The SMILES string of the molecule is C=C[CH][SiH](CC)CC. The van der Waals surface area contributed by atoms with Crippen LogP contribution in [0.2, 0.25) is 12.1 Å². The monoisotopic (exact) mass is 127 g/mol. The Balaban J connectivity index is 3.20. The molecule has 0 unspecified atom stereocenters. The lowest BCUT2D eigenvalue weighted by atomic mass is 10.8. The van der Waals surface area contributed by atoms with Gasteiger partial charge >= 0.3 is 0 Å². The smallest absolute Gasteiger partial charge is 0.0439 e. The maximum absolute atomic E-state index is 3.68. The molecular weight excluding hydrogens is 112 g/mol. The minimum absolute atomic E-state index is 0.435. The zero-order chi connectivity index (χ0) is 6.41. The molecule has 0 saturated carbocycles. The number of rotatable bonds is 4. The van der Waals surface area contributed by atoms with E-state index in [-0.39, 0.29) is 0 Å². The van der Waals surface area contributed by atoms with E-state index in [4.69, 9.17) is 0 Å². The molecule has 0 aromatic heterocycles. The van der Waals surface area contributed by atoms with Gasteiger partial charge in [-0.2, -0.15) is 0 Å². The minimum Gasteiger partial charge on any atom is -0.103 e. The quantitative estimate of drug-likeness (QED) is 0.508. The maximum atomic E-state index is 3.68. The highest BCUT2D eigenvalue weighted by Crippen LogP contribution is 2.00. The van der Waals surface area contributed by atoms with Crippen LogP contribution in [0, 0.1) is 6.04 Å². The van der Waals surface area contributed by atoms with Crippen molar-refractivity contribution in [2.75, 3.05) is 0 Å². The first kappa shape index (κ1) is 7.96. The van der Waals surface area contributed by atoms with Gasteiger partial charge in [0.15, 0.2) is 0 Å². The summed E-state index contributed by atoms with van der Waals surface area (Å²) >= 11 is 0. The van der Waals surface area contributed by atoms with Gasteiger partial charge in [0.25, 0.3) is 0 Å². The van der Waals surface area contributed by atoms with Crippen LogP contribution in [0.3, 0.4) is 0 Å². The molecule has 0 rings (SSSR count). The molecule has 0 aromatic carbocycles. The van der Waals surface area contributed by atoms with Crippen molar-refractivity contribution in [3.8, 4) is 0 Å². The molecule has 0 N–H and O–H groups in total. The molecule has 0 aliphatic heterocycles. The lowest BCUT2D eigenvalue weighted by Crippen LogP contribution is -2.07. The van der Waals surface area contributed by atoms with Crippen molar-refractivity contribution in [1.29, 1.82) is 0 Å². The molecule has 0 amide bonds. The zero-order valence-corrected chi connectivity index (χ0v) is 7.01. The Morgan fingerprint density at radius 2 is 1.88 bits per heavy atom. The van der Waals surface area contributed by atoms with Crippen molar-refractivity contribution in [2.45, 2.75) is 25.9 Å². The molecule has 0 atom stereocenters.